The van der Waals surface area contributed by atoms with E-state index in [0.29, 0.717) is 37.0 Å². The molecule has 0 unspecified atom stereocenters. The fraction of sp³-hybridized carbons (Fsp3) is 0.200. The van der Waals surface area contributed by atoms with Crippen molar-refractivity contribution in [1.29, 1.82) is 0 Å². The lowest BCUT2D eigenvalue weighted by Gasteiger charge is -2.10. The number of ether oxygens (including phenoxy) is 2. The Labute approximate surface area is 179 Å². The highest BCUT2D eigenvalue weighted by Gasteiger charge is 2.11. The van der Waals surface area contributed by atoms with Crippen LogP contribution in [0.25, 0.3) is 11.3 Å². The Kier molecular flexibility index (Phi) is 6.75. The first-order chi connectivity index (χ1) is 13.3. The average molecular weight is 492 g/mol. The van der Waals surface area contributed by atoms with E-state index in [0.717, 1.165) is 23.4 Å². The molecular weight excluding hydrogens is 471 g/mol. The number of anilines is 1. The molecule has 8 heteroatoms. The van der Waals surface area contributed by atoms with Gasteiger partial charge in [-0.15, -0.1) is 24.0 Å². The molecular formula is C20H21IN4O3. The zero-order chi connectivity index (χ0) is 18.5. The van der Waals surface area contributed by atoms with Gasteiger partial charge in [0.1, 0.15) is 5.69 Å². The first-order valence-electron chi connectivity index (χ1n) is 8.75. The lowest BCUT2D eigenvalue weighted by atomic mass is 10.2. The second-order valence-electron chi connectivity index (χ2n) is 6.09. The quantitative estimate of drug-likeness (QED) is 0.324. The minimum atomic E-state index is 0. The predicted octanol–water partition coefficient (Wildman–Crippen LogP) is 4.05. The van der Waals surface area contributed by atoms with Crippen molar-refractivity contribution in [1.82, 2.24) is 5.16 Å². The Morgan fingerprint density at radius 3 is 2.64 bits per heavy atom. The van der Waals surface area contributed by atoms with Gasteiger partial charge in [-0.3, -0.25) is 0 Å². The molecule has 0 spiro atoms. The smallest absolute Gasteiger partial charge is 0.193 e. The number of halogens is 1. The van der Waals surface area contributed by atoms with Gasteiger partial charge in [-0.05, 0) is 12.1 Å². The molecule has 0 amide bonds. The highest BCUT2D eigenvalue weighted by molar-refractivity contribution is 14.0. The molecule has 2 heterocycles. The van der Waals surface area contributed by atoms with Crippen LogP contribution in [-0.2, 0) is 6.54 Å². The van der Waals surface area contributed by atoms with E-state index in [9.17, 15) is 0 Å². The van der Waals surface area contributed by atoms with E-state index in [2.05, 4.69) is 15.5 Å². The molecule has 0 aliphatic carbocycles. The Balaban J connectivity index is 0.00000225. The van der Waals surface area contributed by atoms with Gasteiger partial charge in [0, 0.05) is 29.8 Å². The number of nitrogens with zero attached hydrogens (tertiary/aromatic N) is 2. The normalized spacial score (nSPS) is 13.4. The van der Waals surface area contributed by atoms with Crippen molar-refractivity contribution in [3.8, 4) is 22.8 Å². The van der Waals surface area contributed by atoms with E-state index in [-0.39, 0.29) is 29.9 Å². The van der Waals surface area contributed by atoms with Crippen LogP contribution in [-0.4, -0.2) is 24.3 Å². The summed E-state index contributed by atoms with van der Waals surface area (Å²) < 4.78 is 16.7. The Hall–Kier alpha value is -2.75. The lowest BCUT2D eigenvalue weighted by molar-refractivity contribution is 0.297. The molecule has 2 aromatic carbocycles. The summed E-state index contributed by atoms with van der Waals surface area (Å²) in [5, 5.41) is 7.09. The van der Waals surface area contributed by atoms with E-state index < -0.39 is 0 Å². The van der Waals surface area contributed by atoms with Crippen LogP contribution in [0.2, 0.25) is 0 Å². The molecule has 0 atom stereocenters. The number of fused-ring (bicyclic) bond motifs is 1. The summed E-state index contributed by atoms with van der Waals surface area (Å²) >= 11 is 0. The van der Waals surface area contributed by atoms with Gasteiger partial charge in [0.25, 0.3) is 0 Å². The van der Waals surface area contributed by atoms with E-state index >= 15 is 0 Å². The van der Waals surface area contributed by atoms with E-state index in [1.807, 2.05) is 54.6 Å². The number of nitrogens with one attached hydrogen (secondary N) is 1. The van der Waals surface area contributed by atoms with Crippen LogP contribution in [0.4, 0.5) is 5.69 Å². The van der Waals surface area contributed by atoms with Crippen molar-refractivity contribution in [2.24, 2.45) is 10.7 Å². The fourth-order valence-electron chi connectivity index (χ4n) is 2.72. The number of guanidine groups is 1. The molecule has 0 radical (unpaired) electrons. The van der Waals surface area contributed by atoms with E-state index in [4.69, 9.17) is 19.7 Å². The topological polar surface area (TPSA) is 94.9 Å². The third-order valence-electron chi connectivity index (χ3n) is 4.05. The highest BCUT2D eigenvalue weighted by Crippen LogP contribution is 2.32. The van der Waals surface area contributed by atoms with Gasteiger partial charge < -0.3 is 25.0 Å². The molecule has 4 rings (SSSR count). The Bertz CT molecular complexity index is 944. The number of hydrogen-bond donors (Lipinski definition) is 2. The molecule has 0 saturated carbocycles. The highest BCUT2D eigenvalue weighted by atomic mass is 127. The van der Waals surface area contributed by atoms with Crippen molar-refractivity contribution in [3.63, 3.8) is 0 Å². The summed E-state index contributed by atoms with van der Waals surface area (Å²) in [5.41, 5.74) is 8.45. The largest absolute Gasteiger partial charge is 0.490 e. The number of rotatable bonds is 4. The van der Waals surface area contributed by atoms with Gasteiger partial charge in [0.15, 0.2) is 23.2 Å². The maximum absolute atomic E-state index is 5.99. The summed E-state index contributed by atoms with van der Waals surface area (Å²) in [6.45, 7) is 1.61. The van der Waals surface area contributed by atoms with E-state index in [1.165, 1.54) is 0 Å². The summed E-state index contributed by atoms with van der Waals surface area (Å²) in [7, 11) is 0. The SMILES string of the molecule is I.NC(=NCc1cc(-c2ccccc2)on1)Nc1ccc2c(c1)OCCCO2. The lowest BCUT2D eigenvalue weighted by Crippen LogP contribution is -2.22. The number of benzene rings is 2. The average Bonchev–Trinajstić information content (AvgIpc) is 3.05. The molecule has 1 aromatic heterocycles. The van der Waals surface area contributed by atoms with Crippen molar-refractivity contribution < 1.29 is 14.0 Å². The molecule has 146 valence electrons. The standard InChI is InChI=1S/C20H20N4O3.HI/c21-20(23-15-7-8-17-19(11-15)26-10-4-9-25-17)22-13-16-12-18(27-24-16)14-5-2-1-3-6-14;/h1-3,5-8,11-12H,4,9-10,13H2,(H3,21,22,23);1H. The van der Waals surface area contributed by atoms with Crippen molar-refractivity contribution >= 4 is 35.6 Å². The monoisotopic (exact) mass is 492 g/mol. The minimum absolute atomic E-state index is 0. The molecule has 1 aliphatic heterocycles. The second-order valence-corrected chi connectivity index (χ2v) is 6.09. The van der Waals surface area contributed by atoms with E-state index in [1.54, 1.807) is 0 Å². The molecule has 0 saturated heterocycles. The van der Waals surface area contributed by atoms with Gasteiger partial charge >= 0.3 is 0 Å². The summed E-state index contributed by atoms with van der Waals surface area (Å²) in [5.74, 6) is 2.43. The number of aliphatic imine (C=N–C) groups is 1. The fourth-order valence-corrected chi connectivity index (χ4v) is 2.72. The predicted molar refractivity (Wildman–Crippen MR) is 118 cm³/mol. The second kappa shape index (κ2) is 9.45. The van der Waals surface area contributed by atoms with Crippen LogP contribution >= 0.6 is 24.0 Å². The zero-order valence-corrected chi connectivity index (χ0v) is 17.5. The van der Waals surface area contributed by atoms with Crippen LogP contribution in [0.1, 0.15) is 12.1 Å². The van der Waals surface area contributed by atoms with Crippen molar-refractivity contribution in [3.05, 3.63) is 60.3 Å². The molecule has 7 nitrogen and oxygen atoms in total. The summed E-state index contributed by atoms with van der Waals surface area (Å²) in [4.78, 5) is 4.32. The first kappa shape index (κ1) is 20.0. The number of nitrogens with two attached hydrogens (primary N) is 1. The minimum Gasteiger partial charge on any atom is -0.490 e. The maximum Gasteiger partial charge on any atom is 0.193 e. The third kappa shape index (κ3) is 4.94. The Morgan fingerprint density at radius 2 is 1.82 bits per heavy atom. The zero-order valence-electron chi connectivity index (χ0n) is 15.1. The van der Waals surface area contributed by atoms with Gasteiger partial charge in [-0.2, -0.15) is 0 Å². The maximum atomic E-state index is 5.99. The molecule has 3 aromatic rings. The van der Waals surface area contributed by atoms with Crippen LogP contribution in [0, 0.1) is 0 Å². The molecule has 0 fully saturated rings. The Morgan fingerprint density at radius 1 is 1.04 bits per heavy atom. The van der Waals surface area contributed by atoms with Crippen LogP contribution in [0.3, 0.4) is 0 Å². The van der Waals surface area contributed by atoms with Gasteiger partial charge in [0.05, 0.1) is 19.8 Å². The molecule has 3 N–H and O–H groups in total. The van der Waals surface area contributed by atoms with Gasteiger partial charge in [-0.25, -0.2) is 4.99 Å². The van der Waals surface area contributed by atoms with Gasteiger partial charge in [0.2, 0.25) is 0 Å². The number of aromatic nitrogens is 1. The number of hydrogen-bond acceptors (Lipinski definition) is 5. The third-order valence-corrected chi connectivity index (χ3v) is 4.05. The summed E-state index contributed by atoms with van der Waals surface area (Å²) in [6, 6.07) is 17.2. The van der Waals surface area contributed by atoms with Crippen molar-refractivity contribution in [2.75, 3.05) is 18.5 Å². The van der Waals surface area contributed by atoms with Crippen LogP contribution in [0.5, 0.6) is 11.5 Å². The molecule has 0 bridgehead atoms. The van der Waals surface area contributed by atoms with Crippen LogP contribution in [0.15, 0.2) is 64.1 Å². The first-order valence-corrected chi connectivity index (χ1v) is 8.75. The van der Waals surface area contributed by atoms with Crippen LogP contribution < -0.4 is 20.5 Å². The van der Waals surface area contributed by atoms with Gasteiger partial charge in [-0.1, -0.05) is 35.5 Å². The summed E-state index contributed by atoms with van der Waals surface area (Å²) in [6.07, 6.45) is 0.865. The van der Waals surface area contributed by atoms with Crippen molar-refractivity contribution in [2.45, 2.75) is 13.0 Å². The molecule has 28 heavy (non-hydrogen) atoms. The molecule has 1 aliphatic rings.